The Kier molecular flexibility index (Phi) is 7.65. The first kappa shape index (κ1) is 21.5. The molecule has 1 unspecified atom stereocenters. The number of carbonyl (C=O) groups is 1. The van der Waals surface area contributed by atoms with Crippen molar-refractivity contribution in [3.63, 3.8) is 0 Å². The van der Waals surface area contributed by atoms with Crippen LogP contribution in [-0.4, -0.2) is 43.6 Å². The number of aliphatic carboxylic acids is 1. The maximum Gasteiger partial charge on any atom is 0.322 e. The summed E-state index contributed by atoms with van der Waals surface area (Å²) < 4.78 is 27.4. The Morgan fingerprint density at radius 2 is 1.68 bits per heavy atom. The molecule has 28 heavy (non-hydrogen) atoms. The summed E-state index contributed by atoms with van der Waals surface area (Å²) in [4.78, 5) is 11.5. The predicted octanol–water partition coefficient (Wildman–Crippen LogP) is 3.00. The minimum Gasteiger partial charge on any atom is -0.480 e. The molecule has 2 N–H and O–H groups in total. The van der Waals surface area contributed by atoms with E-state index in [9.17, 15) is 18.3 Å². The van der Waals surface area contributed by atoms with Crippen molar-refractivity contribution in [2.75, 3.05) is 13.1 Å². The summed E-state index contributed by atoms with van der Waals surface area (Å²) in [6, 6.07) is 13.4. The molecule has 0 aliphatic rings. The Hall–Kier alpha value is -2.78. The van der Waals surface area contributed by atoms with Crippen molar-refractivity contribution in [2.45, 2.75) is 31.2 Å². The molecule has 0 aliphatic carbocycles. The number of nitrogens with one attached hydrogen (secondary N) is 1. The van der Waals surface area contributed by atoms with Gasteiger partial charge in [-0.1, -0.05) is 35.6 Å². The molecule has 0 bridgehead atoms. The third kappa shape index (κ3) is 6.14. The van der Waals surface area contributed by atoms with Gasteiger partial charge in [0.15, 0.2) is 0 Å². The maximum atomic E-state index is 12.6. The van der Waals surface area contributed by atoms with Gasteiger partial charge in [0, 0.05) is 13.1 Å². The highest BCUT2D eigenvalue weighted by molar-refractivity contribution is 7.89. The first-order valence-electron chi connectivity index (χ1n) is 8.91. The first-order chi connectivity index (χ1) is 13.4. The Labute approximate surface area is 164 Å². The van der Waals surface area contributed by atoms with Gasteiger partial charge >= 0.3 is 5.97 Å². The van der Waals surface area contributed by atoms with Gasteiger partial charge in [-0.15, -0.1) is 5.11 Å². The van der Waals surface area contributed by atoms with Gasteiger partial charge in [0.2, 0.25) is 10.0 Å². The molecule has 1 atom stereocenters. The number of carboxylic acids is 1. The van der Waals surface area contributed by atoms with Crippen LogP contribution >= 0.6 is 0 Å². The summed E-state index contributed by atoms with van der Waals surface area (Å²) in [6.07, 6.45) is 0.0472. The fourth-order valence-electron chi connectivity index (χ4n) is 2.44. The van der Waals surface area contributed by atoms with Crippen LogP contribution in [0.4, 0.5) is 5.69 Å². The third-order valence-electron chi connectivity index (χ3n) is 4.04. The van der Waals surface area contributed by atoms with Crippen LogP contribution in [0, 0.1) is 0 Å². The second kappa shape index (κ2) is 9.95. The third-order valence-corrected chi connectivity index (χ3v) is 5.53. The summed E-state index contributed by atoms with van der Waals surface area (Å²) >= 11 is 0. The molecule has 0 spiro atoms. The summed E-state index contributed by atoms with van der Waals surface area (Å²) in [5.41, 5.74) is 1.23. The minimum atomic E-state index is -4.00. The van der Waals surface area contributed by atoms with E-state index in [0.717, 1.165) is 5.56 Å². The largest absolute Gasteiger partial charge is 0.480 e. The van der Waals surface area contributed by atoms with Gasteiger partial charge in [0.25, 0.3) is 0 Å². The van der Waals surface area contributed by atoms with Crippen molar-refractivity contribution < 1.29 is 18.3 Å². The number of hydrogen-bond acceptors (Lipinski definition) is 5. The van der Waals surface area contributed by atoms with Gasteiger partial charge in [-0.25, -0.2) is 8.42 Å². The fraction of sp³-hybridized carbons (Fsp3) is 0.316. The Balaban J connectivity index is 2.13. The second-order valence-corrected chi connectivity index (χ2v) is 7.74. The number of benzene rings is 2. The van der Waals surface area contributed by atoms with Crippen LogP contribution in [0.5, 0.6) is 0 Å². The van der Waals surface area contributed by atoms with Crippen molar-refractivity contribution in [3.8, 4) is 0 Å². The highest BCUT2D eigenvalue weighted by Crippen LogP contribution is 2.18. The van der Waals surface area contributed by atoms with Crippen LogP contribution in [0.1, 0.15) is 19.4 Å². The normalized spacial score (nSPS) is 12.8. The summed E-state index contributed by atoms with van der Waals surface area (Å²) in [6.45, 7) is 5.35. The quantitative estimate of drug-likeness (QED) is 0.467. The first-order valence-corrected chi connectivity index (χ1v) is 10.4. The standard InChI is InChI=1S/C19H24N4O4S/c1-3-23(4-2)22-20-16-10-12-17(13-11-16)28(26,27)21-18(19(24)25)14-15-8-6-5-7-9-15/h5-13,18,21H,3-4,14H2,1-2H3,(H,24,25). The van der Waals surface area contributed by atoms with Crippen molar-refractivity contribution in [1.29, 1.82) is 0 Å². The Morgan fingerprint density at radius 3 is 2.21 bits per heavy atom. The monoisotopic (exact) mass is 404 g/mol. The molecule has 0 heterocycles. The highest BCUT2D eigenvalue weighted by Gasteiger charge is 2.25. The van der Waals surface area contributed by atoms with E-state index in [-0.39, 0.29) is 11.3 Å². The van der Waals surface area contributed by atoms with E-state index in [1.807, 2.05) is 19.9 Å². The van der Waals surface area contributed by atoms with E-state index in [1.54, 1.807) is 29.3 Å². The second-order valence-electron chi connectivity index (χ2n) is 6.02. The van der Waals surface area contributed by atoms with Gasteiger partial charge in [0.05, 0.1) is 10.6 Å². The molecule has 2 aromatic rings. The van der Waals surface area contributed by atoms with Crippen LogP contribution in [0.25, 0.3) is 0 Å². The zero-order chi connectivity index (χ0) is 20.6. The maximum absolute atomic E-state index is 12.6. The number of carboxylic acid groups (broad SMARTS) is 1. The lowest BCUT2D eigenvalue weighted by Crippen LogP contribution is -2.42. The smallest absolute Gasteiger partial charge is 0.322 e. The van der Waals surface area contributed by atoms with E-state index in [0.29, 0.717) is 18.8 Å². The van der Waals surface area contributed by atoms with Gasteiger partial charge in [-0.2, -0.15) is 4.72 Å². The lowest BCUT2D eigenvalue weighted by atomic mass is 10.1. The minimum absolute atomic E-state index is 0.0337. The molecular weight excluding hydrogens is 380 g/mol. The average Bonchev–Trinajstić information content (AvgIpc) is 2.69. The van der Waals surface area contributed by atoms with E-state index in [2.05, 4.69) is 15.1 Å². The van der Waals surface area contributed by atoms with Crippen molar-refractivity contribution >= 4 is 21.7 Å². The van der Waals surface area contributed by atoms with Crippen LogP contribution < -0.4 is 4.72 Å². The van der Waals surface area contributed by atoms with Crippen molar-refractivity contribution in [1.82, 2.24) is 9.73 Å². The molecule has 0 amide bonds. The molecule has 2 aromatic carbocycles. The van der Waals surface area contributed by atoms with Gasteiger partial charge in [-0.05, 0) is 50.1 Å². The Bertz CT molecular complexity index is 895. The van der Waals surface area contributed by atoms with Crippen molar-refractivity contribution in [2.24, 2.45) is 10.3 Å². The number of nitrogens with zero attached hydrogens (tertiary/aromatic N) is 3. The highest BCUT2D eigenvalue weighted by atomic mass is 32.2. The van der Waals surface area contributed by atoms with Gasteiger partial charge < -0.3 is 5.11 Å². The lowest BCUT2D eigenvalue weighted by molar-refractivity contribution is -0.138. The van der Waals surface area contributed by atoms with Crippen LogP contribution in [0.2, 0.25) is 0 Å². The van der Waals surface area contributed by atoms with E-state index in [1.165, 1.54) is 24.3 Å². The van der Waals surface area contributed by atoms with Crippen LogP contribution in [0.3, 0.4) is 0 Å². The molecule has 0 aliphatic heterocycles. The Morgan fingerprint density at radius 1 is 1.07 bits per heavy atom. The van der Waals surface area contributed by atoms with E-state index in [4.69, 9.17) is 0 Å². The number of hydrogen-bond donors (Lipinski definition) is 2. The van der Waals surface area contributed by atoms with Crippen LogP contribution in [-0.2, 0) is 21.2 Å². The van der Waals surface area contributed by atoms with Gasteiger partial charge in [-0.3, -0.25) is 9.80 Å². The zero-order valence-electron chi connectivity index (χ0n) is 15.8. The molecular formula is C19H24N4O4S. The number of sulfonamides is 1. The molecule has 0 fully saturated rings. The molecule has 0 saturated carbocycles. The fourth-order valence-corrected chi connectivity index (χ4v) is 3.63. The van der Waals surface area contributed by atoms with Crippen molar-refractivity contribution in [3.05, 3.63) is 60.2 Å². The molecule has 8 nitrogen and oxygen atoms in total. The molecule has 150 valence electrons. The van der Waals surface area contributed by atoms with E-state index < -0.39 is 22.0 Å². The number of rotatable bonds is 10. The topological polar surface area (TPSA) is 111 Å². The van der Waals surface area contributed by atoms with E-state index >= 15 is 0 Å². The predicted molar refractivity (Wildman–Crippen MR) is 106 cm³/mol. The molecule has 0 radical (unpaired) electrons. The summed E-state index contributed by atoms with van der Waals surface area (Å²) in [7, 11) is -4.00. The lowest BCUT2D eigenvalue weighted by Gasteiger charge is -2.15. The average molecular weight is 404 g/mol. The summed E-state index contributed by atoms with van der Waals surface area (Å²) in [5, 5.41) is 19.3. The molecule has 2 rings (SSSR count). The zero-order valence-corrected chi connectivity index (χ0v) is 16.6. The molecule has 9 heteroatoms. The summed E-state index contributed by atoms with van der Waals surface area (Å²) in [5.74, 6) is -1.24. The van der Waals surface area contributed by atoms with Gasteiger partial charge in [0.1, 0.15) is 6.04 Å². The molecule has 0 saturated heterocycles. The SMILES string of the molecule is CCN(CC)N=Nc1ccc(S(=O)(=O)NC(Cc2ccccc2)C(=O)O)cc1. The van der Waals surface area contributed by atoms with Crippen LogP contribution in [0.15, 0.2) is 69.8 Å². The molecule has 0 aromatic heterocycles.